The number of likely N-dealkylation sites (tertiary alicyclic amines) is 1. The monoisotopic (exact) mass is 272 g/mol. The predicted molar refractivity (Wildman–Crippen MR) is 75.9 cm³/mol. The number of anilines is 1. The summed E-state index contributed by atoms with van der Waals surface area (Å²) < 4.78 is 13.7. The summed E-state index contributed by atoms with van der Waals surface area (Å²) in [5, 5.41) is 4.21. The summed E-state index contributed by atoms with van der Waals surface area (Å²) in [6, 6.07) is 7.08. The first kappa shape index (κ1) is 13.0. The van der Waals surface area contributed by atoms with Gasteiger partial charge in [0, 0.05) is 36.4 Å². The number of halogens is 1. The van der Waals surface area contributed by atoms with Gasteiger partial charge in [-0.3, -0.25) is 14.7 Å². The predicted octanol–water partition coefficient (Wildman–Crippen LogP) is 1.97. The summed E-state index contributed by atoms with van der Waals surface area (Å²) >= 11 is 0. The lowest BCUT2D eigenvalue weighted by Crippen LogP contribution is -2.27. The largest absolute Gasteiger partial charge is 0.380 e. The molecular formula is C15H15FN3O. The molecule has 0 amide bonds. The molecule has 0 unspecified atom stereocenters. The number of rotatable bonds is 4. The van der Waals surface area contributed by atoms with E-state index in [2.05, 4.69) is 15.2 Å². The van der Waals surface area contributed by atoms with Crippen LogP contribution in [0.4, 0.5) is 10.1 Å². The average Bonchev–Trinajstić information content (AvgIpc) is 2.88. The molecule has 1 aliphatic rings. The number of hydrogen-bond donors (Lipinski definition) is 1. The van der Waals surface area contributed by atoms with Crippen molar-refractivity contribution in [2.24, 2.45) is 0 Å². The maximum atomic E-state index is 13.7. The molecule has 0 bridgehead atoms. The fourth-order valence-corrected chi connectivity index (χ4v) is 2.67. The summed E-state index contributed by atoms with van der Waals surface area (Å²) in [7, 11) is 0. The summed E-state index contributed by atoms with van der Waals surface area (Å²) in [4.78, 5) is 16.5. The number of nitrogens with one attached hydrogen (secondary N) is 1. The number of fused-ring (bicyclic) bond motifs is 1. The van der Waals surface area contributed by atoms with E-state index >= 15 is 0 Å². The number of hydrogen-bond acceptors (Lipinski definition) is 4. The molecule has 1 radical (unpaired) electrons. The normalized spacial score (nSPS) is 19.4. The standard InChI is InChI=1S/C15H15FN3O/c16-13-3-1-2-12-14(4-6-17-15(12)13)18-11-5-7-19(10-11)8-9-20/h1-4,6,11H,5,7-8,10H2,(H,17,18)/t11-/m1/s1. The van der Waals surface area contributed by atoms with Gasteiger partial charge in [-0.05, 0) is 18.6 Å². The Hall–Kier alpha value is -2.01. The van der Waals surface area contributed by atoms with Gasteiger partial charge in [-0.25, -0.2) is 4.39 Å². The minimum atomic E-state index is -0.310. The highest BCUT2D eigenvalue weighted by molar-refractivity contribution is 5.91. The van der Waals surface area contributed by atoms with Crippen LogP contribution in [-0.4, -0.2) is 41.8 Å². The van der Waals surface area contributed by atoms with Crippen LogP contribution in [0.3, 0.4) is 0 Å². The van der Waals surface area contributed by atoms with Crippen molar-refractivity contribution < 1.29 is 9.18 Å². The summed E-state index contributed by atoms with van der Waals surface area (Å²) in [6.07, 6.45) is 4.49. The van der Waals surface area contributed by atoms with E-state index in [1.807, 2.05) is 18.4 Å². The van der Waals surface area contributed by atoms with Crippen LogP contribution in [0.15, 0.2) is 30.5 Å². The fourth-order valence-electron chi connectivity index (χ4n) is 2.67. The SMILES string of the molecule is O=[C]CN1CC[C@@H](Nc2ccnc3c(F)cccc23)C1. The minimum Gasteiger partial charge on any atom is -0.380 e. The molecule has 0 saturated carbocycles. The van der Waals surface area contributed by atoms with Gasteiger partial charge < -0.3 is 5.32 Å². The van der Waals surface area contributed by atoms with E-state index in [0.29, 0.717) is 12.1 Å². The van der Waals surface area contributed by atoms with Gasteiger partial charge in [0.15, 0.2) is 0 Å². The highest BCUT2D eigenvalue weighted by Crippen LogP contribution is 2.25. The molecule has 0 spiro atoms. The third-order valence-electron chi connectivity index (χ3n) is 3.64. The number of pyridine rings is 1. The van der Waals surface area contributed by atoms with Gasteiger partial charge in [0.1, 0.15) is 11.3 Å². The second kappa shape index (κ2) is 5.54. The zero-order valence-electron chi connectivity index (χ0n) is 11.0. The van der Waals surface area contributed by atoms with E-state index < -0.39 is 0 Å². The Morgan fingerprint density at radius 1 is 1.45 bits per heavy atom. The van der Waals surface area contributed by atoms with Crippen LogP contribution in [-0.2, 0) is 4.79 Å². The lowest BCUT2D eigenvalue weighted by molar-refractivity contribution is 0.375. The van der Waals surface area contributed by atoms with E-state index in [0.717, 1.165) is 30.6 Å². The minimum absolute atomic E-state index is 0.261. The second-order valence-corrected chi connectivity index (χ2v) is 5.00. The van der Waals surface area contributed by atoms with Gasteiger partial charge >= 0.3 is 0 Å². The average molecular weight is 272 g/mol. The van der Waals surface area contributed by atoms with Gasteiger partial charge in [0.2, 0.25) is 6.29 Å². The zero-order chi connectivity index (χ0) is 13.9. The van der Waals surface area contributed by atoms with Crippen molar-refractivity contribution in [3.63, 3.8) is 0 Å². The molecule has 2 aromatic rings. The smallest absolute Gasteiger partial charge is 0.213 e. The Morgan fingerprint density at radius 2 is 2.35 bits per heavy atom. The van der Waals surface area contributed by atoms with Crippen molar-refractivity contribution >= 4 is 22.9 Å². The van der Waals surface area contributed by atoms with Crippen LogP contribution < -0.4 is 5.32 Å². The maximum absolute atomic E-state index is 13.7. The van der Waals surface area contributed by atoms with Crippen molar-refractivity contribution in [3.05, 3.63) is 36.3 Å². The van der Waals surface area contributed by atoms with Gasteiger partial charge in [-0.15, -0.1) is 0 Å². The van der Waals surface area contributed by atoms with Crippen LogP contribution >= 0.6 is 0 Å². The first-order valence-corrected chi connectivity index (χ1v) is 6.65. The Kier molecular flexibility index (Phi) is 3.60. The molecule has 1 aromatic heterocycles. The number of aromatic nitrogens is 1. The molecule has 1 fully saturated rings. The van der Waals surface area contributed by atoms with Crippen LogP contribution in [0.2, 0.25) is 0 Å². The van der Waals surface area contributed by atoms with Gasteiger partial charge in [-0.2, -0.15) is 0 Å². The molecule has 0 aliphatic carbocycles. The summed E-state index contributed by atoms with van der Waals surface area (Å²) in [5.74, 6) is -0.310. The second-order valence-electron chi connectivity index (χ2n) is 5.00. The molecule has 103 valence electrons. The van der Waals surface area contributed by atoms with E-state index in [4.69, 9.17) is 0 Å². The van der Waals surface area contributed by atoms with Crippen molar-refractivity contribution in [3.8, 4) is 0 Å². The van der Waals surface area contributed by atoms with Crippen LogP contribution in [0, 0.1) is 5.82 Å². The van der Waals surface area contributed by atoms with Crippen molar-refractivity contribution in [1.29, 1.82) is 0 Å². The molecular weight excluding hydrogens is 257 g/mol. The van der Waals surface area contributed by atoms with E-state index in [-0.39, 0.29) is 11.9 Å². The summed E-state index contributed by atoms with van der Waals surface area (Å²) in [5.41, 5.74) is 1.27. The molecule has 2 heterocycles. The Morgan fingerprint density at radius 3 is 3.20 bits per heavy atom. The topological polar surface area (TPSA) is 45.2 Å². The Labute approximate surface area is 116 Å². The molecule has 1 aliphatic heterocycles. The molecule has 5 heteroatoms. The van der Waals surface area contributed by atoms with Gasteiger partial charge in [0.05, 0.1) is 6.54 Å². The first-order valence-electron chi connectivity index (χ1n) is 6.65. The molecule has 4 nitrogen and oxygen atoms in total. The third-order valence-corrected chi connectivity index (χ3v) is 3.64. The Balaban J connectivity index is 1.82. The van der Waals surface area contributed by atoms with E-state index in [1.165, 1.54) is 6.07 Å². The molecule has 1 atom stereocenters. The molecule has 1 saturated heterocycles. The number of benzene rings is 1. The van der Waals surface area contributed by atoms with Crippen molar-refractivity contribution in [2.45, 2.75) is 12.5 Å². The van der Waals surface area contributed by atoms with Crippen molar-refractivity contribution in [1.82, 2.24) is 9.88 Å². The number of carbonyl (C=O) groups excluding carboxylic acids is 1. The van der Waals surface area contributed by atoms with E-state index in [9.17, 15) is 9.18 Å². The molecule has 1 N–H and O–H groups in total. The Bertz CT molecular complexity index is 632. The van der Waals surface area contributed by atoms with Crippen molar-refractivity contribution in [2.75, 3.05) is 25.0 Å². The van der Waals surface area contributed by atoms with E-state index in [1.54, 1.807) is 12.3 Å². The maximum Gasteiger partial charge on any atom is 0.213 e. The quantitative estimate of drug-likeness (QED) is 0.924. The number of para-hydroxylation sites is 1. The third kappa shape index (κ3) is 2.49. The lowest BCUT2D eigenvalue weighted by Gasteiger charge is -2.16. The zero-order valence-corrected chi connectivity index (χ0v) is 11.0. The van der Waals surface area contributed by atoms with Gasteiger partial charge in [0.25, 0.3) is 0 Å². The van der Waals surface area contributed by atoms with Crippen LogP contribution in [0.5, 0.6) is 0 Å². The molecule has 3 rings (SSSR count). The fraction of sp³-hybridized carbons (Fsp3) is 0.333. The van der Waals surface area contributed by atoms with Crippen LogP contribution in [0.1, 0.15) is 6.42 Å². The lowest BCUT2D eigenvalue weighted by atomic mass is 10.1. The van der Waals surface area contributed by atoms with Crippen LogP contribution in [0.25, 0.3) is 10.9 Å². The highest BCUT2D eigenvalue weighted by Gasteiger charge is 2.22. The summed E-state index contributed by atoms with van der Waals surface area (Å²) in [6.45, 7) is 2.03. The number of nitrogens with zero attached hydrogens (tertiary/aromatic N) is 2. The first-order chi connectivity index (χ1) is 9.78. The van der Waals surface area contributed by atoms with Gasteiger partial charge in [-0.1, -0.05) is 12.1 Å². The highest BCUT2D eigenvalue weighted by atomic mass is 19.1. The molecule has 20 heavy (non-hydrogen) atoms. The molecule has 1 aromatic carbocycles.